The highest BCUT2D eigenvalue weighted by Gasteiger charge is 2.24. The molecule has 3 rings (SSSR count). The number of piperidine rings is 1. The standard InChI is InChI=1S/C21H26N4O2/c1-4-6-19(27)24-16-7-5-10-25(12-16)17-9-8-15(11-18(22)26)21-20(17)13(2)14(3)23-21/h8-9,16,23H,5,7,10-12H2,1-3H3,(H2,22,26)(H,24,27)/t16-/m1/s1. The number of carbonyl (C=O) groups is 2. The van der Waals surface area contributed by atoms with Crippen molar-refractivity contribution in [2.75, 3.05) is 18.0 Å². The van der Waals surface area contributed by atoms with E-state index < -0.39 is 0 Å². The molecular formula is C21H26N4O2. The van der Waals surface area contributed by atoms with Gasteiger partial charge in [-0.2, -0.15) is 0 Å². The molecule has 0 saturated carbocycles. The van der Waals surface area contributed by atoms with Gasteiger partial charge in [0.1, 0.15) is 0 Å². The van der Waals surface area contributed by atoms with Gasteiger partial charge in [0.25, 0.3) is 5.91 Å². The monoisotopic (exact) mass is 366 g/mol. The minimum Gasteiger partial charge on any atom is -0.369 e. The quantitative estimate of drug-likeness (QED) is 0.722. The molecule has 1 aromatic carbocycles. The van der Waals surface area contributed by atoms with E-state index in [0.717, 1.165) is 53.8 Å². The minimum absolute atomic E-state index is 0.0767. The number of nitrogens with one attached hydrogen (secondary N) is 2. The first kappa shape index (κ1) is 18.8. The van der Waals surface area contributed by atoms with Crippen LogP contribution in [0.1, 0.15) is 36.6 Å². The zero-order valence-electron chi connectivity index (χ0n) is 16.1. The molecule has 0 aliphatic carbocycles. The zero-order valence-corrected chi connectivity index (χ0v) is 16.1. The predicted octanol–water partition coefficient (Wildman–Crippen LogP) is 1.92. The fraction of sp³-hybridized carbons (Fsp3) is 0.429. The maximum atomic E-state index is 11.8. The first-order valence-electron chi connectivity index (χ1n) is 9.28. The van der Waals surface area contributed by atoms with Crippen LogP contribution in [-0.4, -0.2) is 35.9 Å². The van der Waals surface area contributed by atoms with Crippen LogP contribution in [0.2, 0.25) is 0 Å². The van der Waals surface area contributed by atoms with Gasteiger partial charge in [0, 0.05) is 35.9 Å². The van der Waals surface area contributed by atoms with E-state index >= 15 is 0 Å². The zero-order chi connectivity index (χ0) is 19.6. The molecule has 0 radical (unpaired) electrons. The van der Waals surface area contributed by atoms with E-state index in [1.165, 1.54) is 5.56 Å². The highest BCUT2D eigenvalue weighted by Crippen LogP contribution is 2.35. The summed E-state index contributed by atoms with van der Waals surface area (Å²) in [5.41, 5.74) is 10.7. The molecule has 142 valence electrons. The lowest BCUT2D eigenvalue weighted by molar-refractivity contribution is -0.117. The lowest BCUT2D eigenvalue weighted by atomic mass is 10.00. The Morgan fingerprint density at radius 2 is 2.15 bits per heavy atom. The summed E-state index contributed by atoms with van der Waals surface area (Å²) in [5, 5.41) is 4.13. The van der Waals surface area contributed by atoms with Crippen LogP contribution in [0, 0.1) is 25.7 Å². The Bertz CT molecular complexity index is 948. The highest BCUT2D eigenvalue weighted by atomic mass is 16.1. The van der Waals surface area contributed by atoms with Gasteiger partial charge in [-0.05, 0) is 56.7 Å². The van der Waals surface area contributed by atoms with E-state index in [-0.39, 0.29) is 24.3 Å². The molecule has 1 aliphatic rings. The molecule has 1 saturated heterocycles. The molecule has 6 heteroatoms. The van der Waals surface area contributed by atoms with Gasteiger partial charge < -0.3 is 20.9 Å². The van der Waals surface area contributed by atoms with Gasteiger partial charge in [-0.3, -0.25) is 9.59 Å². The molecular weight excluding hydrogens is 340 g/mol. The molecule has 0 unspecified atom stereocenters. The number of aromatic nitrogens is 1. The fourth-order valence-corrected chi connectivity index (χ4v) is 3.87. The molecule has 0 bridgehead atoms. The number of nitrogens with two attached hydrogens (primary N) is 1. The second-order valence-electron chi connectivity index (χ2n) is 7.15. The topological polar surface area (TPSA) is 91.2 Å². The number of amides is 2. The SMILES string of the molecule is CC#CC(=O)N[C@@H]1CCCN(c2ccc(CC(N)=O)c3[nH]c(C)c(C)c23)C1. The summed E-state index contributed by atoms with van der Waals surface area (Å²) >= 11 is 0. The van der Waals surface area contributed by atoms with Crippen LogP contribution >= 0.6 is 0 Å². The van der Waals surface area contributed by atoms with Crippen LogP contribution in [0.5, 0.6) is 0 Å². The van der Waals surface area contributed by atoms with Crippen molar-refractivity contribution in [3.8, 4) is 11.8 Å². The molecule has 1 atom stereocenters. The van der Waals surface area contributed by atoms with Crippen LogP contribution in [-0.2, 0) is 16.0 Å². The molecule has 1 aliphatic heterocycles. The number of fused-ring (bicyclic) bond motifs is 1. The van der Waals surface area contributed by atoms with Crippen molar-refractivity contribution >= 4 is 28.4 Å². The average molecular weight is 366 g/mol. The molecule has 6 nitrogen and oxygen atoms in total. The van der Waals surface area contributed by atoms with Gasteiger partial charge in [-0.1, -0.05) is 12.0 Å². The van der Waals surface area contributed by atoms with E-state index in [1.807, 2.05) is 13.0 Å². The molecule has 0 spiro atoms. The fourth-order valence-electron chi connectivity index (χ4n) is 3.87. The van der Waals surface area contributed by atoms with Gasteiger partial charge in [-0.25, -0.2) is 0 Å². The molecule has 2 amide bonds. The third kappa shape index (κ3) is 3.92. The number of anilines is 1. The van der Waals surface area contributed by atoms with Crippen LogP contribution in [0.25, 0.3) is 10.9 Å². The number of primary amides is 1. The molecule has 1 aromatic heterocycles. The summed E-state index contributed by atoms with van der Waals surface area (Å²) in [4.78, 5) is 29.0. The minimum atomic E-state index is -0.341. The van der Waals surface area contributed by atoms with Gasteiger partial charge >= 0.3 is 0 Å². The van der Waals surface area contributed by atoms with Crippen LogP contribution in [0.15, 0.2) is 12.1 Å². The second-order valence-corrected chi connectivity index (χ2v) is 7.15. The Balaban J connectivity index is 1.95. The Labute approximate surface area is 159 Å². The molecule has 2 aromatic rings. The summed E-state index contributed by atoms with van der Waals surface area (Å²) in [6, 6.07) is 4.12. The molecule has 2 heterocycles. The van der Waals surface area contributed by atoms with E-state index in [2.05, 4.69) is 40.0 Å². The van der Waals surface area contributed by atoms with Crippen molar-refractivity contribution in [2.24, 2.45) is 5.73 Å². The Morgan fingerprint density at radius 1 is 1.37 bits per heavy atom. The smallest absolute Gasteiger partial charge is 0.296 e. The van der Waals surface area contributed by atoms with Gasteiger partial charge in [0.15, 0.2) is 0 Å². The first-order chi connectivity index (χ1) is 12.9. The number of hydrogen-bond acceptors (Lipinski definition) is 3. The highest BCUT2D eigenvalue weighted by molar-refractivity contribution is 5.99. The maximum Gasteiger partial charge on any atom is 0.296 e. The van der Waals surface area contributed by atoms with Gasteiger partial charge in [0.2, 0.25) is 5.91 Å². The number of benzene rings is 1. The van der Waals surface area contributed by atoms with E-state index in [1.54, 1.807) is 6.92 Å². The molecule has 27 heavy (non-hydrogen) atoms. The predicted molar refractivity (Wildman–Crippen MR) is 107 cm³/mol. The van der Waals surface area contributed by atoms with Crippen molar-refractivity contribution in [3.63, 3.8) is 0 Å². The van der Waals surface area contributed by atoms with Crippen LogP contribution in [0.4, 0.5) is 5.69 Å². The number of H-pyrrole nitrogens is 1. The summed E-state index contributed by atoms with van der Waals surface area (Å²) in [7, 11) is 0. The summed E-state index contributed by atoms with van der Waals surface area (Å²) in [6.07, 6.45) is 2.16. The third-order valence-electron chi connectivity index (χ3n) is 5.22. The number of hydrogen-bond donors (Lipinski definition) is 3. The summed E-state index contributed by atoms with van der Waals surface area (Å²) < 4.78 is 0. The summed E-state index contributed by atoms with van der Waals surface area (Å²) in [6.45, 7) is 7.46. The maximum absolute atomic E-state index is 11.8. The van der Waals surface area contributed by atoms with Crippen molar-refractivity contribution in [1.82, 2.24) is 10.3 Å². The number of carbonyl (C=O) groups excluding carboxylic acids is 2. The average Bonchev–Trinajstić information content (AvgIpc) is 2.91. The lowest BCUT2D eigenvalue weighted by Gasteiger charge is -2.35. The van der Waals surface area contributed by atoms with E-state index in [4.69, 9.17) is 5.73 Å². The number of rotatable bonds is 4. The van der Waals surface area contributed by atoms with Gasteiger partial charge in [-0.15, -0.1) is 0 Å². The van der Waals surface area contributed by atoms with E-state index in [9.17, 15) is 9.59 Å². The summed E-state index contributed by atoms with van der Waals surface area (Å²) in [5.74, 6) is 4.62. The number of aromatic amines is 1. The van der Waals surface area contributed by atoms with Crippen molar-refractivity contribution in [2.45, 2.75) is 46.1 Å². The van der Waals surface area contributed by atoms with Crippen molar-refractivity contribution < 1.29 is 9.59 Å². The van der Waals surface area contributed by atoms with E-state index in [0.29, 0.717) is 0 Å². The largest absolute Gasteiger partial charge is 0.369 e. The normalized spacial score (nSPS) is 16.7. The van der Waals surface area contributed by atoms with Gasteiger partial charge in [0.05, 0.1) is 11.9 Å². The Kier molecular flexibility index (Phi) is 5.41. The van der Waals surface area contributed by atoms with Crippen LogP contribution < -0.4 is 16.0 Å². The number of nitrogens with zero attached hydrogens (tertiary/aromatic N) is 1. The lowest BCUT2D eigenvalue weighted by Crippen LogP contribution is -2.47. The Morgan fingerprint density at radius 3 is 2.85 bits per heavy atom. The van der Waals surface area contributed by atoms with Crippen molar-refractivity contribution in [3.05, 3.63) is 29.0 Å². The van der Waals surface area contributed by atoms with Crippen LogP contribution in [0.3, 0.4) is 0 Å². The third-order valence-corrected chi connectivity index (χ3v) is 5.22. The first-order valence-corrected chi connectivity index (χ1v) is 9.28. The molecule has 4 N–H and O–H groups in total. The number of aryl methyl sites for hydroxylation is 2. The second kappa shape index (κ2) is 7.75. The Hall–Kier alpha value is -2.94. The molecule has 1 fully saturated rings. The van der Waals surface area contributed by atoms with Crippen molar-refractivity contribution in [1.29, 1.82) is 0 Å².